The Labute approximate surface area is 95.2 Å². The maximum atomic E-state index is 9.99. The van der Waals surface area contributed by atoms with Crippen molar-refractivity contribution in [3.63, 3.8) is 0 Å². The first kappa shape index (κ1) is 11.1. The van der Waals surface area contributed by atoms with E-state index in [1.807, 2.05) is 0 Å². The second kappa shape index (κ2) is 4.61. The van der Waals surface area contributed by atoms with Gasteiger partial charge in [0.1, 0.15) is 17.2 Å². The fourth-order valence-corrected chi connectivity index (χ4v) is 2.16. The summed E-state index contributed by atoms with van der Waals surface area (Å²) in [4.78, 5) is 0. The zero-order chi connectivity index (χ0) is 11.5. The molecule has 4 heteroatoms. The van der Waals surface area contributed by atoms with Gasteiger partial charge in [-0.1, -0.05) is 0 Å². The predicted octanol–water partition coefficient (Wildman–Crippen LogP) is 1.83. The summed E-state index contributed by atoms with van der Waals surface area (Å²) < 4.78 is 10.4. The molecule has 2 rings (SSSR count). The van der Waals surface area contributed by atoms with Crippen LogP contribution in [0.25, 0.3) is 0 Å². The number of hydrogen-bond acceptors (Lipinski definition) is 4. The zero-order valence-electron chi connectivity index (χ0n) is 9.62. The Morgan fingerprint density at radius 3 is 2.69 bits per heavy atom. The number of phenolic OH excluding ortho intramolecular Hbond substituents is 1. The summed E-state index contributed by atoms with van der Waals surface area (Å²) in [6.07, 6.45) is 2.15. The number of aromatic hydroxyl groups is 1. The number of phenols is 1. The Kier molecular flexibility index (Phi) is 3.19. The van der Waals surface area contributed by atoms with Crippen molar-refractivity contribution in [1.82, 2.24) is 5.32 Å². The molecule has 0 radical (unpaired) electrons. The minimum Gasteiger partial charge on any atom is -0.507 e. The van der Waals surface area contributed by atoms with Crippen LogP contribution in [0.5, 0.6) is 17.2 Å². The molecule has 4 nitrogen and oxygen atoms in total. The van der Waals surface area contributed by atoms with Gasteiger partial charge in [-0.2, -0.15) is 0 Å². The van der Waals surface area contributed by atoms with E-state index in [-0.39, 0.29) is 11.8 Å². The third-order valence-electron chi connectivity index (χ3n) is 2.96. The van der Waals surface area contributed by atoms with Gasteiger partial charge in [0.05, 0.1) is 19.8 Å². The Hall–Kier alpha value is -1.42. The molecule has 1 heterocycles. The van der Waals surface area contributed by atoms with Crippen LogP contribution in [0.3, 0.4) is 0 Å². The minimum atomic E-state index is 0.181. The molecule has 0 saturated carbocycles. The van der Waals surface area contributed by atoms with Gasteiger partial charge in [0.25, 0.3) is 0 Å². The number of hydrogen-bond donors (Lipinski definition) is 2. The highest BCUT2D eigenvalue weighted by molar-refractivity contribution is 5.51. The zero-order valence-corrected chi connectivity index (χ0v) is 9.62. The van der Waals surface area contributed by atoms with Crippen molar-refractivity contribution in [1.29, 1.82) is 0 Å². The Morgan fingerprint density at radius 2 is 2.12 bits per heavy atom. The Bertz CT molecular complexity index is 373. The molecule has 1 fully saturated rings. The first-order valence-electron chi connectivity index (χ1n) is 5.44. The van der Waals surface area contributed by atoms with Gasteiger partial charge in [-0.3, -0.25) is 0 Å². The van der Waals surface area contributed by atoms with Gasteiger partial charge < -0.3 is 19.9 Å². The molecule has 2 N–H and O–H groups in total. The third-order valence-corrected chi connectivity index (χ3v) is 2.96. The van der Waals surface area contributed by atoms with Crippen LogP contribution in [-0.2, 0) is 0 Å². The van der Waals surface area contributed by atoms with Gasteiger partial charge in [-0.05, 0) is 19.4 Å². The van der Waals surface area contributed by atoms with Crippen LogP contribution in [0.15, 0.2) is 12.1 Å². The number of rotatable bonds is 3. The SMILES string of the molecule is COc1cc(O)c([C@H]2CCCN2)c(OC)c1. The molecule has 1 aliphatic rings. The van der Waals surface area contributed by atoms with Crippen molar-refractivity contribution in [2.45, 2.75) is 18.9 Å². The van der Waals surface area contributed by atoms with Gasteiger partial charge in [0, 0.05) is 18.2 Å². The van der Waals surface area contributed by atoms with Crippen molar-refractivity contribution in [3.8, 4) is 17.2 Å². The van der Waals surface area contributed by atoms with E-state index >= 15 is 0 Å². The van der Waals surface area contributed by atoms with E-state index in [9.17, 15) is 5.11 Å². The number of benzene rings is 1. The molecule has 88 valence electrons. The maximum Gasteiger partial charge on any atom is 0.131 e. The lowest BCUT2D eigenvalue weighted by molar-refractivity contribution is 0.372. The number of nitrogens with one attached hydrogen (secondary N) is 1. The van der Waals surface area contributed by atoms with Gasteiger partial charge in [-0.15, -0.1) is 0 Å². The molecule has 0 aromatic heterocycles. The lowest BCUT2D eigenvalue weighted by Gasteiger charge is -2.17. The maximum absolute atomic E-state index is 9.99. The first-order valence-corrected chi connectivity index (χ1v) is 5.44. The average Bonchev–Trinajstić information content (AvgIpc) is 2.81. The van der Waals surface area contributed by atoms with E-state index in [2.05, 4.69) is 5.32 Å². The van der Waals surface area contributed by atoms with Crippen LogP contribution in [0.4, 0.5) is 0 Å². The average molecular weight is 223 g/mol. The molecule has 0 unspecified atom stereocenters. The fourth-order valence-electron chi connectivity index (χ4n) is 2.16. The monoisotopic (exact) mass is 223 g/mol. The summed E-state index contributed by atoms with van der Waals surface area (Å²) in [5, 5.41) is 13.3. The molecule has 1 aliphatic heterocycles. The molecular weight excluding hydrogens is 206 g/mol. The molecule has 0 aliphatic carbocycles. The Balaban J connectivity index is 2.41. The third kappa shape index (κ3) is 1.93. The molecule has 0 amide bonds. The summed E-state index contributed by atoms with van der Waals surface area (Å²) >= 11 is 0. The van der Waals surface area contributed by atoms with E-state index < -0.39 is 0 Å². The first-order chi connectivity index (χ1) is 7.76. The molecule has 0 bridgehead atoms. The van der Waals surface area contributed by atoms with Crippen molar-refractivity contribution < 1.29 is 14.6 Å². The molecular formula is C12H17NO3. The molecule has 16 heavy (non-hydrogen) atoms. The molecule has 0 spiro atoms. The van der Waals surface area contributed by atoms with Crippen LogP contribution in [0.1, 0.15) is 24.4 Å². The molecule has 1 aromatic carbocycles. The van der Waals surface area contributed by atoms with Crippen LogP contribution in [0.2, 0.25) is 0 Å². The molecule has 1 saturated heterocycles. The number of ether oxygens (including phenoxy) is 2. The predicted molar refractivity (Wildman–Crippen MR) is 61.2 cm³/mol. The topological polar surface area (TPSA) is 50.7 Å². The van der Waals surface area contributed by atoms with E-state index in [0.29, 0.717) is 11.5 Å². The van der Waals surface area contributed by atoms with Crippen LogP contribution in [-0.4, -0.2) is 25.9 Å². The van der Waals surface area contributed by atoms with Crippen molar-refractivity contribution >= 4 is 0 Å². The molecule has 1 atom stereocenters. The van der Waals surface area contributed by atoms with E-state index in [1.165, 1.54) is 0 Å². The fraction of sp³-hybridized carbons (Fsp3) is 0.500. The van der Waals surface area contributed by atoms with Crippen molar-refractivity contribution in [2.75, 3.05) is 20.8 Å². The summed E-state index contributed by atoms with van der Waals surface area (Å²) in [6, 6.07) is 3.60. The summed E-state index contributed by atoms with van der Waals surface area (Å²) in [5.41, 5.74) is 0.834. The lowest BCUT2D eigenvalue weighted by Crippen LogP contribution is -2.14. The van der Waals surface area contributed by atoms with Crippen molar-refractivity contribution in [3.05, 3.63) is 17.7 Å². The summed E-state index contributed by atoms with van der Waals surface area (Å²) in [6.45, 7) is 0.985. The summed E-state index contributed by atoms with van der Waals surface area (Å²) in [5.74, 6) is 1.52. The largest absolute Gasteiger partial charge is 0.507 e. The van der Waals surface area contributed by atoms with Crippen molar-refractivity contribution in [2.24, 2.45) is 0 Å². The standard InChI is InChI=1S/C12H17NO3/c1-15-8-6-10(14)12(11(7-8)16-2)9-4-3-5-13-9/h6-7,9,13-14H,3-5H2,1-2H3/t9-/m1/s1. The number of methoxy groups -OCH3 is 2. The van der Waals surface area contributed by atoms with Gasteiger partial charge in [0.2, 0.25) is 0 Å². The quantitative estimate of drug-likeness (QED) is 0.821. The van der Waals surface area contributed by atoms with E-state index in [4.69, 9.17) is 9.47 Å². The highest BCUT2D eigenvalue weighted by atomic mass is 16.5. The van der Waals surface area contributed by atoms with Crippen LogP contribution in [0, 0.1) is 0 Å². The van der Waals surface area contributed by atoms with E-state index in [0.717, 1.165) is 24.9 Å². The summed E-state index contributed by atoms with van der Waals surface area (Å²) in [7, 11) is 3.17. The van der Waals surface area contributed by atoms with Gasteiger partial charge in [-0.25, -0.2) is 0 Å². The second-order valence-corrected chi connectivity index (χ2v) is 3.91. The minimum absolute atomic E-state index is 0.181. The van der Waals surface area contributed by atoms with Gasteiger partial charge >= 0.3 is 0 Å². The lowest BCUT2D eigenvalue weighted by atomic mass is 10.0. The Morgan fingerprint density at radius 1 is 1.31 bits per heavy atom. The molecule has 1 aromatic rings. The van der Waals surface area contributed by atoms with Crippen LogP contribution >= 0.6 is 0 Å². The highest BCUT2D eigenvalue weighted by Crippen LogP contribution is 2.40. The van der Waals surface area contributed by atoms with Gasteiger partial charge in [0.15, 0.2) is 0 Å². The highest BCUT2D eigenvalue weighted by Gasteiger charge is 2.24. The smallest absolute Gasteiger partial charge is 0.131 e. The second-order valence-electron chi connectivity index (χ2n) is 3.91. The van der Waals surface area contributed by atoms with E-state index in [1.54, 1.807) is 26.4 Å². The normalized spacial score (nSPS) is 19.8. The van der Waals surface area contributed by atoms with Crippen LogP contribution < -0.4 is 14.8 Å².